The van der Waals surface area contributed by atoms with E-state index in [1.54, 1.807) is 0 Å². The smallest absolute Gasteiger partial charge is 0.265 e. The van der Waals surface area contributed by atoms with E-state index in [9.17, 15) is 31.2 Å². The zero-order valence-corrected chi connectivity index (χ0v) is 22.6. The highest BCUT2D eigenvalue weighted by Gasteiger charge is 2.69. The molecule has 3 saturated carbocycles. The van der Waals surface area contributed by atoms with Crippen LogP contribution in [0.25, 0.3) is 0 Å². The number of carbonyl (C=O) groups is 3. The van der Waals surface area contributed by atoms with Crippen molar-refractivity contribution in [2.24, 2.45) is 40.4 Å². The molecule has 0 aromatic rings. The van der Waals surface area contributed by atoms with Crippen LogP contribution in [0.2, 0.25) is 0 Å². The molecule has 0 aromatic carbocycles. The second-order valence-electron chi connectivity index (χ2n) is 11.6. The molecule has 3 fully saturated rings. The van der Waals surface area contributed by atoms with Gasteiger partial charge < -0.3 is 0 Å². The van der Waals surface area contributed by atoms with E-state index in [-0.39, 0.29) is 47.9 Å². The molecule has 0 heterocycles. The van der Waals surface area contributed by atoms with Gasteiger partial charge >= 0.3 is 0 Å². The van der Waals surface area contributed by atoms with Crippen LogP contribution in [-0.2, 0) is 43.0 Å². The van der Waals surface area contributed by atoms with Gasteiger partial charge in [-0.3, -0.25) is 22.7 Å². The predicted octanol–water partition coefficient (Wildman–Crippen LogP) is 2.06. The highest BCUT2D eigenvalue weighted by Crippen LogP contribution is 2.67. The summed E-state index contributed by atoms with van der Waals surface area (Å²) < 4.78 is 60.5. The maximum Gasteiger partial charge on any atom is 0.265 e. The molecule has 3 unspecified atom stereocenters. The molecule has 0 N–H and O–H groups in total. The molecular formula is C24H34O9S2. The molecule has 4 aliphatic rings. The van der Waals surface area contributed by atoms with Crippen molar-refractivity contribution in [3.63, 3.8) is 0 Å². The lowest BCUT2D eigenvalue weighted by Crippen LogP contribution is -2.64. The maximum atomic E-state index is 13.9. The summed E-state index contributed by atoms with van der Waals surface area (Å²) in [6, 6.07) is 0. The maximum absolute atomic E-state index is 13.9. The second-order valence-corrected chi connectivity index (χ2v) is 14.8. The van der Waals surface area contributed by atoms with Crippen LogP contribution in [0, 0.1) is 40.4 Å². The third-order valence-electron chi connectivity index (χ3n) is 9.04. The van der Waals surface area contributed by atoms with Gasteiger partial charge in [0, 0.05) is 36.0 Å². The quantitative estimate of drug-likeness (QED) is 0.489. The molecule has 35 heavy (non-hydrogen) atoms. The van der Waals surface area contributed by atoms with Crippen molar-refractivity contribution in [3.8, 4) is 0 Å². The molecule has 0 saturated heterocycles. The minimum Gasteiger partial charge on any atom is -0.300 e. The number of carbonyl (C=O) groups excluding carboxylic acids is 3. The number of rotatable bonds is 5. The number of ketones is 3. The standard InChI is InChI=1S/C24H34O9S2/c1-12-9-15-18-20(17(27)11-24(15,4)19(12)13(2)25)23(3)8-7-14(26)10-16(23)21(32-34(5,28)29)22(18)33-35(6,30)31/h10,12,15,18-22H,7-9,11H2,1-6H3/t12?,15-,18-,19+,20-,21?,22?,23-,24-/m0/s1. The van der Waals surface area contributed by atoms with Crippen molar-refractivity contribution in [2.75, 3.05) is 12.5 Å². The SMILES string of the molecule is CC(=O)[C@H]1C(C)C[C@H]2[C@@H]3C(OS(C)(=O)=O)C(OS(C)(=O)=O)C4=CC(=O)CC[C@]4(C)[C@H]3C(=O)C[C@]12C. The van der Waals surface area contributed by atoms with Crippen molar-refractivity contribution in [3.05, 3.63) is 11.6 Å². The fourth-order valence-electron chi connectivity index (χ4n) is 8.19. The fourth-order valence-corrected chi connectivity index (χ4v) is 9.41. The van der Waals surface area contributed by atoms with Crippen LogP contribution in [-0.4, -0.2) is 58.9 Å². The Morgan fingerprint density at radius 1 is 1.06 bits per heavy atom. The van der Waals surface area contributed by atoms with Gasteiger partial charge in [0.1, 0.15) is 23.8 Å². The van der Waals surface area contributed by atoms with Crippen LogP contribution in [0.1, 0.15) is 53.4 Å². The third kappa shape index (κ3) is 4.36. The molecule has 4 aliphatic carbocycles. The Morgan fingerprint density at radius 3 is 2.20 bits per heavy atom. The van der Waals surface area contributed by atoms with Gasteiger partial charge in [0.2, 0.25) is 0 Å². The van der Waals surface area contributed by atoms with E-state index in [0.717, 1.165) is 12.5 Å². The monoisotopic (exact) mass is 530 g/mol. The third-order valence-corrected chi connectivity index (χ3v) is 10.2. The average molecular weight is 531 g/mol. The van der Waals surface area contributed by atoms with E-state index in [1.807, 2.05) is 20.8 Å². The van der Waals surface area contributed by atoms with Crippen molar-refractivity contribution in [1.29, 1.82) is 0 Å². The summed E-state index contributed by atoms with van der Waals surface area (Å²) in [6.45, 7) is 7.21. The molecule has 0 aliphatic heterocycles. The molecule has 0 amide bonds. The van der Waals surface area contributed by atoms with E-state index >= 15 is 0 Å². The van der Waals surface area contributed by atoms with Gasteiger partial charge in [0.15, 0.2) is 5.78 Å². The van der Waals surface area contributed by atoms with E-state index in [4.69, 9.17) is 8.37 Å². The molecule has 11 heteroatoms. The van der Waals surface area contributed by atoms with Gasteiger partial charge in [-0.1, -0.05) is 20.8 Å². The number of Topliss-reactive ketones (excluding diaryl/α,β-unsaturated/α-hetero) is 2. The van der Waals surface area contributed by atoms with Crippen LogP contribution in [0.4, 0.5) is 0 Å². The Morgan fingerprint density at radius 2 is 1.66 bits per heavy atom. The first-order valence-electron chi connectivity index (χ1n) is 11.9. The molecule has 196 valence electrons. The Kier molecular flexibility index (Phi) is 6.31. The van der Waals surface area contributed by atoms with Gasteiger partial charge in [-0.15, -0.1) is 0 Å². The predicted molar refractivity (Wildman–Crippen MR) is 126 cm³/mol. The van der Waals surface area contributed by atoms with Crippen molar-refractivity contribution < 1.29 is 39.6 Å². The van der Waals surface area contributed by atoms with Crippen LogP contribution >= 0.6 is 0 Å². The van der Waals surface area contributed by atoms with Gasteiger partial charge in [-0.25, -0.2) is 0 Å². The summed E-state index contributed by atoms with van der Waals surface area (Å²) in [4.78, 5) is 39.0. The van der Waals surface area contributed by atoms with Gasteiger partial charge in [0.25, 0.3) is 20.2 Å². The highest BCUT2D eigenvalue weighted by molar-refractivity contribution is 7.86. The fraction of sp³-hybridized carbons (Fsp3) is 0.792. The lowest BCUT2D eigenvalue weighted by molar-refractivity contribution is -0.163. The first-order chi connectivity index (χ1) is 15.9. The average Bonchev–Trinajstić information content (AvgIpc) is 2.93. The van der Waals surface area contributed by atoms with E-state index < -0.39 is 55.1 Å². The molecule has 0 aromatic heterocycles. The largest absolute Gasteiger partial charge is 0.300 e. The van der Waals surface area contributed by atoms with Crippen molar-refractivity contribution in [1.82, 2.24) is 0 Å². The van der Waals surface area contributed by atoms with E-state index in [0.29, 0.717) is 18.4 Å². The normalized spacial score (nSPS) is 43.7. The minimum atomic E-state index is -4.11. The van der Waals surface area contributed by atoms with Crippen LogP contribution in [0.3, 0.4) is 0 Å². The Balaban J connectivity index is 1.98. The topological polar surface area (TPSA) is 138 Å². The van der Waals surface area contributed by atoms with E-state index in [2.05, 4.69) is 0 Å². The summed E-state index contributed by atoms with van der Waals surface area (Å²) in [7, 11) is -8.21. The first kappa shape index (κ1) is 26.6. The Hall–Kier alpha value is -1.43. The number of hydrogen-bond donors (Lipinski definition) is 0. The summed E-state index contributed by atoms with van der Waals surface area (Å²) in [5, 5.41) is 0. The number of hydrogen-bond acceptors (Lipinski definition) is 9. The zero-order chi connectivity index (χ0) is 26.3. The van der Waals surface area contributed by atoms with Gasteiger partial charge in [-0.2, -0.15) is 16.8 Å². The molecular weight excluding hydrogens is 496 g/mol. The molecule has 0 spiro atoms. The minimum absolute atomic E-state index is 0.0239. The molecule has 9 nitrogen and oxygen atoms in total. The van der Waals surface area contributed by atoms with Crippen molar-refractivity contribution >= 4 is 37.6 Å². The van der Waals surface area contributed by atoms with Crippen molar-refractivity contribution in [2.45, 2.75) is 65.6 Å². The van der Waals surface area contributed by atoms with Gasteiger partial charge in [-0.05, 0) is 48.7 Å². The summed E-state index contributed by atoms with van der Waals surface area (Å²) >= 11 is 0. The molecule has 4 rings (SSSR count). The zero-order valence-electron chi connectivity index (χ0n) is 20.9. The Bertz CT molecular complexity index is 1220. The Labute approximate surface area is 207 Å². The number of fused-ring (bicyclic) bond motifs is 5. The highest BCUT2D eigenvalue weighted by atomic mass is 32.2. The molecule has 0 bridgehead atoms. The molecule has 9 atom stereocenters. The van der Waals surface area contributed by atoms with E-state index in [1.165, 1.54) is 13.0 Å². The summed E-state index contributed by atoms with van der Waals surface area (Å²) in [5.41, 5.74) is -1.33. The van der Waals surface area contributed by atoms with Gasteiger partial charge in [0.05, 0.1) is 12.5 Å². The van der Waals surface area contributed by atoms with Crippen LogP contribution < -0.4 is 0 Å². The lowest BCUT2D eigenvalue weighted by Gasteiger charge is -2.60. The second kappa shape index (κ2) is 8.29. The lowest BCUT2D eigenvalue weighted by atomic mass is 9.45. The summed E-state index contributed by atoms with van der Waals surface area (Å²) in [5.74, 6) is -2.48. The molecule has 0 radical (unpaired) electrons. The van der Waals surface area contributed by atoms with Crippen LogP contribution in [0.5, 0.6) is 0 Å². The van der Waals surface area contributed by atoms with Crippen LogP contribution in [0.15, 0.2) is 11.6 Å². The summed E-state index contributed by atoms with van der Waals surface area (Å²) in [6.07, 6.45) is 1.56. The first-order valence-corrected chi connectivity index (χ1v) is 15.6.